The number of carbonyl (C=O) groups excluding carboxylic acids is 2. The Morgan fingerprint density at radius 3 is 2.15 bits per heavy atom. The number of rotatable bonds is 9. The summed E-state index contributed by atoms with van der Waals surface area (Å²) in [6.07, 6.45) is 5.56. The molecule has 1 aromatic heterocycles. The number of hydrogen-bond acceptors (Lipinski definition) is 4. The van der Waals surface area contributed by atoms with Gasteiger partial charge in [0.2, 0.25) is 5.91 Å². The van der Waals surface area contributed by atoms with Crippen molar-refractivity contribution in [2.45, 2.75) is 51.2 Å². The highest BCUT2D eigenvalue weighted by molar-refractivity contribution is 7.14. The summed E-state index contributed by atoms with van der Waals surface area (Å²) in [4.78, 5) is 30.5. The molecule has 0 bridgehead atoms. The Balaban J connectivity index is 1.40. The molecule has 0 unspecified atom stereocenters. The number of nitrogens with zero attached hydrogens (tertiary/aromatic N) is 1. The van der Waals surface area contributed by atoms with Crippen molar-refractivity contribution in [2.24, 2.45) is 0 Å². The van der Waals surface area contributed by atoms with E-state index in [1.54, 1.807) is 0 Å². The highest BCUT2D eigenvalue weighted by atomic mass is 32.1. The van der Waals surface area contributed by atoms with Crippen molar-refractivity contribution in [3.8, 4) is 0 Å². The molecule has 2 aromatic carbocycles. The number of thiophene rings is 1. The molecule has 0 saturated carbocycles. The van der Waals surface area contributed by atoms with E-state index in [1.165, 1.54) is 41.9 Å². The highest BCUT2D eigenvalue weighted by Crippen LogP contribution is 2.21. The van der Waals surface area contributed by atoms with E-state index in [0.717, 1.165) is 30.8 Å². The van der Waals surface area contributed by atoms with E-state index in [-0.39, 0.29) is 11.8 Å². The first-order chi connectivity index (χ1) is 16.7. The minimum atomic E-state index is -0.644. The number of carbonyl (C=O) groups is 2. The van der Waals surface area contributed by atoms with Crippen molar-refractivity contribution < 1.29 is 9.59 Å². The van der Waals surface area contributed by atoms with Gasteiger partial charge in [0, 0.05) is 24.4 Å². The summed E-state index contributed by atoms with van der Waals surface area (Å²) in [5, 5.41) is 5.98. The van der Waals surface area contributed by atoms with Crippen LogP contribution in [0.2, 0.25) is 0 Å². The average Bonchev–Trinajstić information content (AvgIpc) is 3.18. The maximum atomic E-state index is 13.1. The van der Waals surface area contributed by atoms with E-state index in [1.807, 2.05) is 72.8 Å². The zero-order valence-electron chi connectivity index (χ0n) is 19.5. The van der Waals surface area contributed by atoms with Gasteiger partial charge in [-0.15, -0.1) is 11.3 Å². The fourth-order valence-electron chi connectivity index (χ4n) is 4.30. The maximum absolute atomic E-state index is 13.1. The van der Waals surface area contributed by atoms with E-state index in [4.69, 9.17) is 0 Å². The molecule has 4 rings (SSSR count). The van der Waals surface area contributed by atoms with Crippen molar-refractivity contribution in [1.82, 2.24) is 15.5 Å². The minimum Gasteiger partial charge on any atom is -0.350 e. The Kier molecular flexibility index (Phi) is 8.88. The molecule has 2 heterocycles. The molecule has 5 nitrogen and oxygen atoms in total. The summed E-state index contributed by atoms with van der Waals surface area (Å²) < 4.78 is 0. The second-order valence-electron chi connectivity index (χ2n) is 8.88. The molecule has 6 heteroatoms. The van der Waals surface area contributed by atoms with E-state index in [9.17, 15) is 9.59 Å². The Morgan fingerprint density at radius 1 is 0.824 bits per heavy atom. The molecule has 1 fully saturated rings. The molecular weight excluding hydrogens is 442 g/mol. The first-order valence-corrected chi connectivity index (χ1v) is 13.0. The van der Waals surface area contributed by atoms with Gasteiger partial charge in [0.25, 0.3) is 5.91 Å². The Morgan fingerprint density at radius 2 is 1.47 bits per heavy atom. The largest absolute Gasteiger partial charge is 0.350 e. The van der Waals surface area contributed by atoms with Crippen LogP contribution in [0.3, 0.4) is 0 Å². The maximum Gasteiger partial charge on any atom is 0.262 e. The van der Waals surface area contributed by atoms with Gasteiger partial charge in [-0.25, -0.2) is 0 Å². The first kappa shape index (κ1) is 24.2. The molecule has 1 aliphatic heterocycles. The molecule has 2 N–H and O–H groups in total. The number of nitrogens with one attached hydrogen (secondary N) is 2. The summed E-state index contributed by atoms with van der Waals surface area (Å²) in [6.45, 7) is 3.57. The number of benzene rings is 2. The Labute approximate surface area is 206 Å². The molecule has 0 radical (unpaired) electrons. The lowest BCUT2D eigenvalue weighted by Crippen LogP contribution is -2.47. The number of amides is 2. The third-order valence-electron chi connectivity index (χ3n) is 6.18. The Hall–Kier alpha value is -2.96. The second kappa shape index (κ2) is 12.5. The summed E-state index contributed by atoms with van der Waals surface area (Å²) in [5.74, 6) is -0.370. The van der Waals surface area contributed by atoms with Gasteiger partial charge in [0.15, 0.2) is 0 Å². The monoisotopic (exact) mass is 475 g/mol. The molecule has 1 saturated heterocycles. The lowest BCUT2D eigenvalue weighted by Gasteiger charge is -2.19. The molecule has 0 aliphatic carbocycles. The lowest BCUT2D eigenvalue weighted by molar-refractivity contribution is -0.123. The lowest BCUT2D eigenvalue weighted by atomic mass is 10.0. The highest BCUT2D eigenvalue weighted by Gasteiger charge is 2.23. The topological polar surface area (TPSA) is 61.4 Å². The predicted molar refractivity (Wildman–Crippen MR) is 138 cm³/mol. The fourth-order valence-corrected chi connectivity index (χ4v) is 5.25. The van der Waals surface area contributed by atoms with Crippen LogP contribution in [0.5, 0.6) is 0 Å². The van der Waals surface area contributed by atoms with E-state index < -0.39 is 6.04 Å². The number of likely N-dealkylation sites (tertiary alicyclic amines) is 1. The van der Waals surface area contributed by atoms with Gasteiger partial charge in [0.1, 0.15) is 6.04 Å². The van der Waals surface area contributed by atoms with Crippen LogP contribution in [0.25, 0.3) is 0 Å². The normalized spacial score (nSPS) is 15.3. The minimum absolute atomic E-state index is 0.178. The third-order valence-corrected chi connectivity index (χ3v) is 7.25. The molecular formula is C28H33N3O2S. The van der Waals surface area contributed by atoms with Crippen molar-refractivity contribution >= 4 is 23.2 Å². The van der Waals surface area contributed by atoms with Gasteiger partial charge in [-0.2, -0.15) is 0 Å². The smallest absolute Gasteiger partial charge is 0.262 e. The van der Waals surface area contributed by atoms with E-state index in [0.29, 0.717) is 17.8 Å². The molecule has 34 heavy (non-hydrogen) atoms. The summed E-state index contributed by atoms with van der Waals surface area (Å²) in [6, 6.07) is 22.9. The molecule has 1 aliphatic rings. The van der Waals surface area contributed by atoms with Crippen molar-refractivity contribution in [3.63, 3.8) is 0 Å². The third kappa shape index (κ3) is 7.27. The first-order valence-electron chi connectivity index (χ1n) is 12.1. The quantitative estimate of drug-likeness (QED) is 0.468. The van der Waals surface area contributed by atoms with Crippen LogP contribution in [0.15, 0.2) is 72.8 Å². The van der Waals surface area contributed by atoms with E-state index >= 15 is 0 Å². The van der Waals surface area contributed by atoms with Gasteiger partial charge >= 0.3 is 0 Å². The zero-order valence-corrected chi connectivity index (χ0v) is 20.4. The standard InChI is InChI=1S/C28H33N3O2S/c32-27(29-20-23-13-7-4-8-14-23)25(19-22-11-5-3-6-12-22)30-28(33)26-16-15-24(34-26)21-31-17-9-1-2-10-18-31/h3-8,11-16,25H,1-2,9-10,17-21H2,(H,29,32)(H,30,33)/t25-/m0/s1. The Bertz CT molecular complexity index is 1040. The van der Waals surface area contributed by atoms with Crippen LogP contribution in [-0.4, -0.2) is 35.8 Å². The fraction of sp³-hybridized carbons (Fsp3) is 0.357. The van der Waals surface area contributed by atoms with Crippen LogP contribution < -0.4 is 10.6 Å². The number of hydrogen-bond donors (Lipinski definition) is 2. The van der Waals surface area contributed by atoms with Crippen LogP contribution in [0.4, 0.5) is 0 Å². The van der Waals surface area contributed by atoms with Crippen LogP contribution >= 0.6 is 11.3 Å². The summed E-state index contributed by atoms with van der Waals surface area (Å²) >= 11 is 1.53. The van der Waals surface area contributed by atoms with Crippen molar-refractivity contribution in [1.29, 1.82) is 0 Å². The van der Waals surface area contributed by atoms with Crippen LogP contribution in [-0.2, 0) is 24.3 Å². The molecule has 3 aromatic rings. The van der Waals surface area contributed by atoms with Gasteiger partial charge in [-0.05, 0) is 49.2 Å². The average molecular weight is 476 g/mol. The van der Waals surface area contributed by atoms with Crippen LogP contribution in [0.1, 0.15) is 51.4 Å². The van der Waals surface area contributed by atoms with Gasteiger partial charge in [0.05, 0.1) is 4.88 Å². The van der Waals surface area contributed by atoms with Crippen LogP contribution in [0, 0.1) is 0 Å². The van der Waals surface area contributed by atoms with Crippen molar-refractivity contribution in [2.75, 3.05) is 13.1 Å². The summed E-state index contributed by atoms with van der Waals surface area (Å²) in [7, 11) is 0. The zero-order chi connectivity index (χ0) is 23.6. The molecule has 1 atom stereocenters. The second-order valence-corrected chi connectivity index (χ2v) is 10.0. The molecule has 0 spiro atoms. The molecule has 178 valence electrons. The van der Waals surface area contributed by atoms with Crippen molar-refractivity contribution in [3.05, 3.63) is 93.7 Å². The van der Waals surface area contributed by atoms with Gasteiger partial charge < -0.3 is 10.6 Å². The van der Waals surface area contributed by atoms with Gasteiger partial charge in [-0.1, -0.05) is 73.5 Å². The van der Waals surface area contributed by atoms with Gasteiger partial charge in [-0.3, -0.25) is 14.5 Å². The molecule has 2 amide bonds. The summed E-state index contributed by atoms with van der Waals surface area (Å²) in [5.41, 5.74) is 2.03. The van der Waals surface area contributed by atoms with E-state index in [2.05, 4.69) is 15.5 Å². The SMILES string of the molecule is O=C(N[C@@H](Cc1ccccc1)C(=O)NCc1ccccc1)c1ccc(CN2CCCCCC2)s1. The predicted octanol–water partition coefficient (Wildman–Crippen LogP) is 4.78.